The molecule has 28 heavy (non-hydrogen) atoms. The lowest BCUT2D eigenvalue weighted by atomic mass is 9.99. The average molecular weight is 402 g/mol. The van der Waals surface area contributed by atoms with Crippen molar-refractivity contribution in [3.05, 3.63) is 34.5 Å². The van der Waals surface area contributed by atoms with Crippen molar-refractivity contribution in [3.8, 4) is 5.88 Å². The zero-order chi connectivity index (χ0) is 19.3. The molecule has 0 spiro atoms. The van der Waals surface area contributed by atoms with Gasteiger partial charge in [0, 0.05) is 5.69 Å². The Morgan fingerprint density at radius 1 is 1.25 bits per heavy atom. The number of carbonyl (C=O) groups excluding carboxylic acids is 1. The van der Waals surface area contributed by atoms with Crippen LogP contribution in [0.4, 0.5) is 10.5 Å². The number of aliphatic hydroxyl groups excluding tert-OH is 1. The van der Waals surface area contributed by atoms with Crippen LogP contribution in [0.15, 0.2) is 17.2 Å². The van der Waals surface area contributed by atoms with Gasteiger partial charge in [0.2, 0.25) is 0 Å². The Hall–Kier alpha value is -2.23. The van der Waals surface area contributed by atoms with E-state index in [1.807, 2.05) is 0 Å². The number of nitrogens with one attached hydrogen (secondary N) is 2. The summed E-state index contributed by atoms with van der Waals surface area (Å²) in [6.07, 6.45) is 7.00. The molecular formula is C19H22N4O4S. The van der Waals surface area contributed by atoms with Crippen LogP contribution in [0.2, 0.25) is 0 Å². The summed E-state index contributed by atoms with van der Waals surface area (Å²) in [5.41, 5.74) is 6.02. The Morgan fingerprint density at radius 3 is 2.68 bits per heavy atom. The van der Waals surface area contributed by atoms with E-state index in [9.17, 15) is 14.5 Å². The van der Waals surface area contributed by atoms with Crippen LogP contribution in [0.1, 0.15) is 35.1 Å². The molecule has 2 aliphatic carbocycles. The summed E-state index contributed by atoms with van der Waals surface area (Å²) in [5.74, 6) is 0.324. The van der Waals surface area contributed by atoms with Crippen molar-refractivity contribution < 1.29 is 19.2 Å². The van der Waals surface area contributed by atoms with E-state index in [4.69, 9.17) is 4.74 Å². The summed E-state index contributed by atoms with van der Waals surface area (Å²) in [6, 6.07) is 1.81. The van der Waals surface area contributed by atoms with Crippen LogP contribution in [0.5, 0.6) is 5.88 Å². The van der Waals surface area contributed by atoms with Crippen LogP contribution < -0.4 is 14.8 Å². The molecule has 1 aromatic carbocycles. The molecule has 0 radical (unpaired) electrons. The standard InChI is InChI=1S/C19H22N4O4S/c24-13-9-23-18(27-10-13)16(8-20-23)28(26)22-19(25)21-17-14-5-1-3-11(14)7-12-4-2-6-15(12)17/h7-8,13,24H,1-6,9-10H2,(H2,21,22,25). The molecule has 0 fully saturated rings. The number of aryl methyl sites for hydroxylation is 2. The molecule has 3 N–H and O–H groups in total. The lowest BCUT2D eigenvalue weighted by Gasteiger charge is -2.20. The largest absolute Gasteiger partial charge is 0.588 e. The smallest absolute Gasteiger partial charge is 0.361 e. The van der Waals surface area contributed by atoms with Gasteiger partial charge in [0.15, 0.2) is 0 Å². The highest BCUT2D eigenvalue weighted by Gasteiger charge is 2.31. The number of aromatic nitrogens is 2. The number of hydrogen-bond donors (Lipinski definition) is 3. The summed E-state index contributed by atoms with van der Waals surface area (Å²) < 4.78 is 22.1. The fourth-order valence-corrected chi connectivity index (χ4v) is 5.23. The van der Waals surface area contributed by atoms with Crippen LogP contribution in [0.25, 0.3) is 0 Å². The first kappa shape index (κ1) is 17.8. The first-order valence-corrected chi connectivity index (χ1v) is 10.8. The molecule has 0 saturated carbocycles. The second-order valence-electron chi connectivity index (χ2n) is 7.52. The molecule has 2 aromatic rings. The van der Waals surface area contributed by atoms with E-state index < -0.39 is 23.5 Å². The highest BCUT2D eigenvalue weighted by molar-refractivity contribution is 7.90. The predicted octanol–water partition coefficient (Wildman–Crippen LogP) is 1.46. The second kappa shape index (κ2) is 6.98. The van der Waals surface area contributed by atoms with Gasteiger partial charge in [-0.2, -0.15) is 5.10 Å². The van der Waals surface area contributed by atoms with Crippen LogP contribution in [0, 0.1) is 0 Å². The van der Waals surface area contributed by atoms with Gasteiger partial charge >= 0.3 is 6.03 Å². The maximum Gasteiger partial charge on any atom is 0.361 e. The third-order valence-corrected chi connectivity index (χ3v) is 6.70. The number of fused-ring (bicyclic) bond motifs is 3. The molecule has 0 bridgehead atoms. The van der Waals surface area contributed by atoms with Crippen molar-refractivity contribution in [3.63, 3.8) is 0 Å². The Balaban J connectivity index is 1.34. The van der Waals surface area contributed by atoms with Crippen molar-refractivity contribution in [2.45, 2.75) is 56.1 Å². The molecule has 1 aromatic heterocycles. The molecule has 148 valence electrons. The third kappa shape index (κ3) is 3.03. The van der Waals surface area contributed by atoms with Gasteiger partial charge in [-0.05, 0) is 60.8 Å². The van der Waals surface area contributed by atoms with E-state index in [2.05, 4.69) is 21.2 Å². The number of amides is 2. The van der Waals surface area contributed by atoms with Crippen molar-refractivity contribution in [1.82, 2.24) is 14.5 Å². The number of rotatable bonds is 3. The number of carbonyl (C=O) groups is 1. The van der Waals surface area contributed by atoms with Crippen LogP contribution in [0.3, 0.4) is 0 Å². The Morgan fingerprint density at radius 2 is 1.96 bits per heavy atom. The summed E-state index contributed by atoms with van der Waals surface area (Å²) in [7, 11) is 0. The summed E-state index contributed by atoms with van der Waals surface area (Å²) in [6.45, 7) is 0.394. The monoisotopic (exact) mass is 402 g/mol. The molecule has 0 saturated heterocycles. The zero-order valence-electron chi connectivity index (χ0n) is 15.4. The average Bonchev–Trinajstić information content (AvgIpc) is 3.39. The van der Waals surface area contributed by atoms with Gasteiger partial charge in [-0.1, -0.05) is 6.07 Å². The van der Waals surface area contributed by atoms with Crippen molar-refractivity contribution in [1.29, 1.82) is 0 Å². The zero-order valence-corrected chi connectivity index (χ0v) is 16.2. The van der Waals surface area contributed by atoms with Gasteiger partial charge in [0.25, 0.3) is 10.8 Å². The SMILES string of the molecule is O=C(Nc1c2c(cc3c1CCC3)CCC2)N[S+]([O-])c1cnn2c1OCC(O)C2. The Kier molecular flexibility index (Phi) is 4.45. The van der Waals surface area contributed by atoms with Crippen LogP contribution in [-0.2, 0) is 43.6 Å². The van der Waals surface area contributed by atoms with Gasteiger partial charge in [0.1, 0.15) is 30.3 Å². The van der Waals surface area contributed by atoms with Crippen molar-refractivity contribution >= 4 is 23.1 Å². The molecule has 5 rings (SSSR count). The van der Waals surface area contributed by atoms with E-state index in [0.29, 0.717) is 10.8 Å². The van der Waals surface area contributed by atoms with Crippen LogP contribution >= 0.6 is 0 Å². The number of aliphatic hydroxyl groups is 1. The number of hydrogen-bond acceptors (Lipinski definition) is 5. The van der Waals surface area contributed by atoms with Gasteiger partial charge in [0.05, 0.1) is 6.54 Å². The molecule has 8 nitrogen and oxygen atoms in total. The normalized spacial score (nSPS) is 20.7. The summed E-state index contributed by atoms with van der Waals surface area (Å²) in [4.78, 5) is 12.9. The minimum atomic E-state index is -1.81. The highest BCUT2D eigenvalue weighted by Crippen LogP contribution is 2.38. The number of nitrogens with zero attached hydrogens (tertiary/aromatic N) is 2. The summed E-state index contributed by atoms with van der Waals surface area (Å²) >= 11 is -1.81. The van der Waals surface area contributed by atoms with E-state index in [-0.39, 0.29) is 13.2 Å². The molecule has 2 unspecified atom stereocenters. The minimum Gasteiger partial charge on any atom is -0.588 e. The molecule has 1 aliphatic heterocycles. The predicted molar refractivity (Wildman–Crippen MR) is 103 cm³/mol. The molecule has 2 amide bonds. The lowest BCUT2D eigenvalue weighted by molar-refractivity contribution is 0.0537. The van der Waals surface area contributed by atoms with Gasteiger partial charge in [-0.15, -0.1) is 4.72 Å². The number of ether oxygens (including phenoxy) is 1. The summed E-state index contributed by atoms with van der Waals surface area (Å²) in [5, 5.41) is 16.7. The highest BCUT2D eigenvalue weighted by atomic mass is 32.2. The quantitative estimate of drug-likeness (QED) is 0.673. The molecule has 3 aliphatic rings. The van der Waals surface area contributed by atoms with Crippen molar-refractivity contribution in [2.24, 2.45) is 0 Å². The lowest BCUT2D eigenvalue weighted by Crippen LogP contribution is -2.36. The maximum atomic E-state index is 12.7. The molecule has 9 heteroatoms. The molecular weight excluding hydrogens is 380 g/mol. The number of anilines is 1. The van der Waals surface area contributed by atoms with Gasteiger partial charge < -0.3 is 19.7 Å². The van der Waals surface area contributed by atoms with E-state index >= 15 is 0 Å². The Bertz CT molecular complexity index is 912. The third-order valence-electron chi connectivity index (χ3n) is 5.65. The molecule has 2 atom stereocenters. The maximum absolute atomic E-state index is 12.7. The van der Waals surface area contributed by atoms with E-state index in [0.717, 1.165) is 44.2 Å². The van der Waals surface area contributed by atoms with Crippen LogP contribution in [-0.4, -0.2) is 38.2 Å². The van der Waals surface area contributed by atoms with Gasteiger partial charge in [-0.25, -0.2) is 9.48 Å². The first-order chi connectivity index (χ1) is 13.6. The topological polar surface area (TPSA) is 111 Å². The minimum absolute atomic E-state index is 0.115. The number of benzene rings is 1. The fourth-order valence-electron chi connectivity index (χ4n) is 4.43. The number of urea groups is 1. The van der Waals surface area contributed by atoms with E-state index in [1.54, 1.807) is 0 Å². The van der Waals surface area contributed by atoms with Gasteiger partial charge in [-0.3, -0.25) is 0 Å². The Labute approximate surface area is 165 Å². The molecule has 2 heterocycles. The fraction of sp³-hybridized carbons (Fsp3) is 0.474. The van der Waals surface area contributed by atoms with E-state index in [1.165, 1.54) is 33.1 Å². The van der Waals surface area contributed by atoms with Crippen molar-refractivity contribution in [2.75, 3.05) is 11.9 Å². The second-order valence-corrected chi connectivity index (χ2v) is 8.70. The first-order valence-electron chi connectivity index (χ1n) is 9.62.